The monoisotopic (exact) mass is 226 g/mol. The summed E-state index contributed by atoms with van der Waals surface area (Å²) in [5, 5.41) is 5.98. The van der Waals surface area contributed by atoms with Crippen molar-refractivity contribution in [3.63, 3.8) is 0 Å². The number of nitrogens with zero attached hydrogens (tertiary/aromatic N) is 1. The zero-order valence-corrected chi connectivity index (χ0v) is 10.2. The average Bonchev–Trinajstić information content (AvgIpc) is 2.26. The summed E-state index contributed by atoms with van der Waals surface area (Å²) >= 11 is 0. The van der Waals surface area contributed by atoms with Crippen LogP contribution in [0.2, 0.25) is 0 Å². The lowest BCUT2D eigenvalue weighted by atomic mass is 10.1. The van der Waals surface area contributed by atoms with E-state index >= 15 is 0 Å². The Balaban J connectivity index is 1.80. The summed E-state index contributed by atoms with van der Waals surface area (Å²) in [6.07, 6.45) is 0. The predicted octanol–water partition coefficient (Wildman–Crippen LogP) is 2.24. The number of nitrogens with one attached hydrogen (secondary N) is 1. The Morgan fingerprint density at radius 3 is 2.59 bits per heavy atom. The summed E-state index contributed by atoms with van der Waals surface area (Å²) in [7, 11) is 2.21. The second-order valence-electron chi connectivity index (χ2n) is 4.91. The van der Waals surface area contributed by atoms with Gasteiger partial charge in [0, 0.05) is 25.7 Å². The van der Waals surface area contributed by atoms with Crippen LogP contribution in [0.5, 0.6) is 0 Å². The van der Waals surface area contributed by atoms with Crippen molar-refractivity contribution >= 4 is 10.8 Å². The van der Waals surface area contributed by atoms with Crippen molar-refractivity contribution in [1.82, 2.24) is 10.2 Å². The first kappa shape index (κ1) is 10.8. The Kier molecular flexibility index (Phi) is 2.83. The van der Waals surface area contributed by atoms with Gasteiger partial charge in [-0.1, -0.05) is 36.4 Å². The molecular weight excluding hydrogens is 208 g/mol. The molecule has 88 valence electrons. The molecule has 0 radical (unpaired) electrons. The van der Waals surface area contributed by atoms with Gasteiger partial charge in [-0.25, -0.2) is 0 Å². The largest absolute Gasteiger partial charge is 0.314 e. The standard InChI is InChI=1S/C15H18N2/c1-17(15-9-16-10-15)11-12-6-7-13-4-2-3-5-14(13)8-12/h2-8,15-16H,9-11H2,1H3. The first-order valence-electron chi connectivity index (χ1n) is 6.21. The molecule has 0 spiro atoms. The molecule has 1 aliphatic rings. The molecule has 2 aromatic carbocycles. The molecule has 17 heavy (non-hydrogen) atoms. The fraction of sp³-hybridized carbons (Fsp3) is 0.333. The van der Waals surface area contributed by atoms with Gasteiger partial charge in [0.15, 0.2) is 0 Å². The predicted molar refractivity (Wildman–Crippen MR) is 72.1 cm³/mol. The number of likely N-dealkylation sites (N-methyl/N-ethyl adjacent to an activating group) is 1. The van der Waals surface area contributed by atoms with Crippen LogP contribution in [-0.2, 0) is 6.54 Å². The van der Waals surface area contributed by atoms with Crippen molar-refractivity contribution in [2.75, 3.05) is 20.1 Å². The summed E-state index contributed by atoms with van der Waals surface area (Å²) in [6, 6.07) is 16.0. The van der Waals surface area contributed by atoms with E-state index in [1.54, 1.807) is 0 Å². The fourth-order valence-corrected chi connectivity index (χ4v) is 2.34. The third-order valence-electron chi connectivity index (χ3n) is 3.63. The lowest BCUT2D eigenvalue weighted by molar-refractivity contribution is 0.173. The summed E-state index contributed by atoms with van der Waals surface area (Å²) in [5.41, 5.74) is 1.40. The molecule has 2 aromatic rings. The molecule has 0 saturated carbocycles. The van der Waals surface area contributed by atoms with Gasteiger partial charge >= 0.3 is 0 Å². The van der Waals surface area contributed by atoms with E-state index < -0.39 is 0 Å². The van der Waals surface area contributed by atoms with Crippen LogP contribution in [0.25, 0.3) is 10.8 Å². The first-order chi connectivity index (χ1) is 8.33. The Labute approximate surface area is 102 Å². The molecule has 3 rings (SSSR count). The highest BCUT2D eigenvalue weighted by Crippen LogP contribution is 2.17. The number of hydrogen-bond donors (Lipinski definition) is 1. The molecule has 2 heteroatoms. The summed E-state index contributed by atoms with van der Waals surface area (Å²) in [4.78, 5) is 2.43. The van der Waals surface area contributed by atoms with E-state index in [-0.39, 0.29) is 0 Å². The fourth-order valence-electron chi connectivity index (χ4n) is 2.34. The molecule has 0 unspecified atom stereocenters. The maximum Gasteiger partial charge on any atom is 0.0345 e. The van der Waals surface area contributed by atoms with Crippen LogP contribution < -0.4 is 5.32 Å². The second kappa shape index (κ2) is 4.47. The van der Waals surface area contributed by atoms with E-state index in [4.69, 9.17) is 0 Å². The van der Waals surface area contributed by atoms with Crippen LogP contribution in [0.15, 0.2) is 42.5 Å². The maximum atomic E-state index is 3.32. The molecule has 1 fully saturated rings. The van der Waals surface area contributed by atoms with Crippen molar-refractivity contribution in [1.29, 1.82) is 0 Å². The van der Waals surface area contributed by atoms with Crippen LogP contribution in [0.3, 0.4) is 0 Å². The summed E-state index contributed by atoms with van der Waals surface area (Å²) < 4.78 is 0. The van der Waals surface area contributed by atoms with Crippen molar-refractivity contribution in [3.8, 4) is 0 Å². The Hall–Kier alpha value is -1.38. The minimum absolute atomic E-state index is 0.710. The molecule has 0 bridgehead atoms. The minimum Gasteiger partial charge on any atom is -0.314 e. The van der Waals surface area contributed by atoms with Gasteiger partial charge in [0.25, 0.3) is 0 Å². The quantitative estimate of drug-likeness (QED) is 0.863. The molecule has 1 N–H and O–H groups in total. The second-order valence-corrected chi connectivity index (χ2v) is 4.91. The van der Waals surface area contributed by atoms with Gasteiger partial charge in [-0.3, -0.25) is 4.90 Å². The topological polar surface area (TPSA) is 15.3 Å². The molecule has 0 aliphatic carbocycles. The van der Waals surface area contributed by atoms with Crippen LogP contribution in [0, 0.1) is 0 Å². The smallest absolute Gasteiger partial charge is 0.0345 e. The number of benzene rings is 2. The Morgan fingerprint density at radius 1 is 1.12 bits per heavy atom. The zero-order chi connectivity index (χ0) is 11.7. The van der Waals surface area contributed by atoms with E-state index in [9.17, 15) is 0 Å². The van der Waals surface area contributed by atoms with Crippen molar-refractivity contribution < 1.29 is 0 Å². The molecular formula is C15H18N2. The maximum absolute atomic E-state index is 3.32. The highest BCUT2D eigenvalue weighted by molar-refractivity contribution is 5.82. The average molecular weight is 226 g/mol. The summed E-state index contributed by atoms with van der Waals surface area (Å²) in [6.45, 7) is 3.30. The van der Waals surface area contributed by atoms with Crippen LogP contribution >= 0.6 is 0 Å². The van der Waals surface area contributed by atoms with E-state index in [1.807, 2.05) is 0 Å². The zero-order valence-electron chi connectivity index (χ0n) is 10.2. The van der Waals surface area contributed by atoms with Crippen LogP contribution in [0.1, 0.15) is 5.56 Å². The van der Waals surface area contributed by atoms with Gasteiger partial charge in [0.2, 0.25) is 0 Å². The van der Waals surface area contributed by atoms with Gasteiger partial charge in [-0.05, 0) is 29.4 Å². The number of fused-ring (bicyclic) bond motifs is 1. The van der Waals surface area contributed by atoms with E-state index in [0.29, 0.717) is 6.04 Å². The third kappa shape index (κ3) is 2.19. The lowest BCUT2D eigenvalue weighted by Crippen LogP contribution is -2.55. The molecule has 1 aliphatic heterocycles. The minimum atomic E-state index is 0.710. The van der Waals surface area contributed by atoms with E-state index in [2.05, 4.69) is 59.7 Å². The normalized spacial score (nSPS) is 16.4. The van der Waals surface area contributed by atoms with Gasteiger partial charge in [0.1, 0.15) is 0 Å². The van der Waals surface area contributed by atoms with E-state index in [1.165, 1.54) is 16.3 Å². The van der Waals surface area contributed by atoms with Crippen molar-refractivity contribution in [2.24, 2.45) is 0 Å². The van der Waals surface area contributed by atoms with Gasteiger partial charge in [-0.15, -0.1) is 0 Å². The molecule has 0 atom stereocenters. The molecule has 0 amide bonds. The molecule has 1 saturated heterocycles. The third-order valence-corrected chi connectivity index (χ3v) is 3.63. The van der Waals surface area contributed by atoms with Crippen LogP contribution in [0.4, 0.5) is 0 Å². The highest BCUT2D eigenvalue weighted by atomic mass is 15.2. The first-order valence-corrected chi connectivity index (χ1v) is 6.21. The van der Waals surface area contributed by atoms with Gasteiger partial charge in [0.05, 0.1) is 0 Å². The highest BCUT2D eigenvalue weighted by Gasteiger charge is 2.21. The Bertz CT molecular complexity index is 517. The SMILES string of the molecule is CN(Cc1ccc2ccccc2c1)C1CNC1. The van der Waals surface area contributed by atoms with Crippen LogP contribution in [-0.4, -0.2) is 31.1 Å². The molecule has 0 aromatic heterocycles. The lowest BCUT2D eigenvalue weighted by Gasteiger charge is -2.35. The molecule has 1 heterocycles. The van der Waals surface area contributed by atoms with Crippen molar-refractivity contribution in [3.05, 3.63) is 48.0 Å². The Morgan fingerprint density at radius 2 is 1.88 bits per heavy atom. The molecule has 2 nitrogen and oxygen atoms in total. The number of hydrogen-bond acceptors (Lipinski definition) is 2. The summed E-state index contributed by atoms with van der Waals surface area (Å²) in [5.74, 6) is 0. The number of rotatable bonds is 3. The van der Waals surface area contributed by atoms with Crippen molar-refractivity contribution in [2.45, 2.75) is 12.6 Å². The van der Waals surface area contributed by atoms with E-state index in [0.717, 1.165) is 19.6 Å². The van der Waals surface area contributed by atoms with Gasteiger partial charge < -0.3 is 5.32 Å². The van der Waals surface area contributed by atoms with Gasteiger partial charge in [-0.2, -0.15) is 0 Å².